The first-order valence-electron chi connectivity index (χ1n) is 7.58. The van der Waals surface area contributed by atoms with Crippen LogP contribution in [0.3, 0.4) is 0 Å². The number of hydrogen-bond acceptors (Lipinski definition) is 7. The van der Waals surface area contributed by atoms with Crippen LogP contribution in [0.25, 0.3) is 11.4 Å². The van der Waals surface area contributed by atoms with Crippen molar-refractivity contribution in [2.24, 2.45) is 0 Å². The maximum absolute atomic E-state index is 12.2. The van der Waals surface area contributed by atoms with Crippen LogP contribution in [0.5, 0.6) is 5.75 Å². The van der Waals surface area contributed by atoms with E-state index in [4.69, 9.17) is 9.26 Å². The molecule has 1 aliphatic rings. The quantitative estimate of drug-likeness (QED) is 0.597. The molecule has 0 radical (unpaired) electrons. The lowest BCUT2D eigenvalue weighted by Crippen LogP contribution is -2.37. The Hall–Kier alpha value is -3.23. The third-order valence-corrected chi connectivity index (χ3v) is 3.71. The topological polar surface area (TPSA) is 106 Å². The van der Waals surface area contributed by atoms with Crippen molar-refractivity contribution in [3.05, 3.63) is 30.2 Å². The second-order valence-corrected chi connectivity index (χ2v) is 5.68. The molecule has 2 heterocycles. The van der Waals surface area contributed by atoms with Gasteiger partial charge in [0.2, 0.25) is 11.7 Å². The van der Waals surface area contributed by atoms with Crippen molar-refractivity contribution in [1.82, 2.24) is 19.9 Å². The van der Waals surface area contributed by atoms with Gasteiger partial charge in [0.25, 0.3) is 0 Å². The summed E-state index contributed by atoms with van der Waals surface area (Å²) in [5.41, 5.74) is 0.690. The Morgan fingerprint density at radius 2 is 1.80 bits per heavy atom. The number of carbonyl (C=O) groups excluding carboxylic acids is 3. The van der Waals surface area contributed by atoms with Crippen molar-refractivity contribution < 1.29 is 23.6 Å². The first-order valence-corrected chi connectivity index (χ1v) is 7.58. The van der Waals surface area contributed by atoms with Gasteiger partial charge in [-0.15, -0.1) is 0 Å². The van der Waals surface area contributed by atoms with E-state index in [1.54, 1.807) is 45.2 Å². The van der Waals surface area contributed by atoms with E-state index >= 15 is 0 Å². The van der Waals surface area contributed by atoms with Crippen molar-refractivity contribution >= 4 is 17.8 Å². The van der Waals surface area contributed by atoms with Gasteiger partial charge in [0, 0.05) is 11.6 Å². The minimum Gasteiger partial charge on any atom is -0.497 e. The van der Waals surface area contributed by atoms with Crippen LogP contribution in [-0.2, 0) is 16.1 Å². The molecule has 1 aromatic heterocycles. The molecule has 2 aromatic rings. The summed E-state index contributed by atoms with van der Waals surface area (Å²) in [5.74, 6) is -0.694. The number of imide groups is 2. The van der Waals surface area contributed by atoms with Crippen molar-refractivity contribution in [1.29, 1.82) is 0 Å². The monoisotopic (exact) mass is 344 g/mol. The number of urea groups is 1. The van der Waals surface area contributed by atoms with E-state index in [9.17, 15) is 14.4 Å². The fraction of sp³-hybridized carbons (Fsp3) is 0.312. The number of hydrogen-bond donors (Lipinski definition) is 0. The number of rotatable bonds is 5. The first-order chi connectivity index (χ1) is 11.9. The van der Waals surface area contributed by atoms with Gasteiger partial charge in [0.1, 0.15) is 12.3 Å². The minimum absolute atomic E-state index is 0.0610. The number of ether oxygens (including phenoxy) is 1. The van der Waals surface area contributed by atoms with Crippen LogP contribution in [0.2, 0.25) is 0 Å². The Morgan fingerprint density at radius 3 is 2.36 bits per heavy atom. The highest BCUT2D eigenvalue weighted by atomic mass is 16.5. The number of benzene rings is 1. The summed E-state index contributed by atoms with van der Waals surface area (Å²) in [6.07, 6.45) is 0. The fourth-order valence-electron chi connectivity index (χ4n) is 2.43. The maximum Gasteiger partial charge on any atom is 0.334 e. The molecule has 1 saturated heterocycles. The van der Waals surface area contributed by atoms with Gasteiger partial charge in [-0.1, -0.05) is 5.16 Å². The van der Waals surface area contributed by atoms with Crippen molar-refractivity contribution in [2.75, 3.05) is 7.11 Å². The highest BCUT2D eigenvalue weighted by Gasteiger charge is 2.46. The molecule has 3 rings (SSSR count). The molecule has 25 heavy (non-hydrogen) atoms. The van der Waals surface area contributed by atoms with Gasteiger partial charge in [-0.2, -0.15) is 4.98 Å². The number of carbonyl (C=O) groups is 3. The van der Waals surface area contributed by atoms with Gasteiger partial charge in [-0.05, 0) is 38.1 Å². The van der Waals surface area contributed by atoms with Gasteiger partial charge in [0.15, 0.2) is 0 Å². The zero-order valence-corrected chi connectivity index (χ0v) is 13.9. The molecule has 0 unspecified atom stereocenters. The third kappa shape index (κ3) is 2.95. The molecule has 0 bridgehead atoms. The summed E-state index contributed by atoms with van der Waals surface area (Å²) in [4.78, 5) is 42.0. The molecular formula is C16H16N4O5. The number of nitrogens with zero attached hydrogens (tertiary/aromatic N) is 4. The van der Waals surface area contributed by atoms with Crippen LogP contribution in [0.1, 0.15) is 19.7 Å². The molecule has 9 heteroatoms. The Balaban J connectivity index is 1.78. The van der Waals surface area contributed by atoms with E-state index in [0.29, 0.717) is 17.1 Å². The molecule has 1 aromatic carbocycles. The molecule has 4 amide bonds. The van der Waals surface area contributed by atoms with Crippen LogP contribution in [0.4, 0.5) is 4.79 Å². The largest absolute Gasteiger partial charge is 0.497 e. The smallest absolute Gasteiger partial charge is 0.334 e. The second-order valence-electron chi connectivity index (χ2n) is 5.68. The van der Waals surface area contributed by atoms with E-state index in [1.807, 2.05) is 0 Å². The van der Waals surface area contributed by atoms with E-state index in [2.05, 4.69) is 10.1 Å². The number of aromatic nitrogens is 2. The molecule has 0 spiro atoms. The van der Waals surface area contributed by atoms with Crippen LogP contribution in [-0.4, -0.2) is 50.9 Å². The van der Waals surface area contributed by atoms with Crippen molar-refractivity contribution in [3.63, 3.8) is 0 Å². The van der Waals surface area contributed by atoms with E-state index in [1.165, 1.54) is 0 Å². The summed E-state index contributed by atoms with van der Waals surface area (Å²) in [5, 5.41) is 3.83. The SMILES string of the molecule is COc1ccc(-c2noc(CN3C(=O)C(=O)N(C(C)C)C3=O)n2)cc1. The Labute approximate surface area is 143 Å². The Kier molecular flexibility index (Phi) is 4.22. The standard InChI is InChI=1S/C16H16N4O5/c1-9(2)20-15(22)14(21)19(16(20)23)8-12-17-13(18-25-12)10-4-6-11(24-3)7-5-10/h4-7,9H,8H2,1-3H3. The highest BCUT2D eigenvalue weighted by molar-refractivity contribution is 6.44. The molecule has 0 aliphatic carbocycles. The molecule has 0 atom stereocenters. The fourth-order valence-corrected chi connectivity index (χ4v) is 2.43. The Bertz CT molecular complexity index is 827. The van der Waals surface area contributed by atoms with Gasteiger partial charge in [-0.25, -0.2) is 9.69 Å². The lowest BCUT2D eigenvalue weighted by molar-refractivity contribution is -0.144. The predicted molar refractivity (Wildman–Crippen MR) is 84.2 cm³/mol. The summed E-state index contributed by atoms with van der Waals surface area (Å²) in [7, 11) is 1.56. The van der Waals surface area contributed by atoms with Gasteiger partial charge >= 0.3 is 17.8 Å². The lowest BCUT2D eigenvalue weighted by atomic mass is 10.2. The zero-order valence-electron chi connectivity index (χ0n) is 13.9. The summed E-state index contributed by atoms with van der Waals surface area (Å²) in [6.45, 7) is 3.05. The average Bonchev–Trinajstić information content (AvgIpc) is 3.14. The lowest BCUT2D eigenvalue weighted by Gasteiger charge is -2.17. The summed E-state index contributed by atoms with van der Waals surface area (Å²) < 4.78 is 10.2. The normalized spacial score (nSPS) is 14.8. The van der Waals surface area contributed by atoms with Crippen molar-refractivity contribution in [2.45, 2.75) is 26.4 Å². The predicted octanol–water partition coefficient (Wildman–Crippen LogP) is 1.44. The highest BCUT2D eigenvalue weighted by Crippen LogP contribution is 2.22. The van der Waals surface area contributed by atoms with Gasteiger partial charge in [0.05, 0.1) is 7.11 Å². The number of methoxy groups -OCH3 is 1. The maximum atomic E-state index is 12.2. The van der Waals surface area contributed by atoms with Crippen molar-refractivity contribution in [3.8, 4) is 17.1 Å². The first kappa shape index (κ1) is 16.6. The van der Waals surface area contributed by atoms with E-state index in [0.717, 1.165) is 9.80 Å². The molecular weight excluding hydrogens is 328 g/mol. The average molecular weight is 344 g/mol. The van der Waals surface area contributed by atoms with Gasteiger partial charge < -0.3 is 9.26 Å². The zero-order chi connectivity index (χ0) is 18.1. The summed E-state index contributed by atoms with van der Waals surface area (Å²) in [6, 6.07) is 5.91. The molecule has 9 nitrogen and oxygen atoms in total. The summed E-state index contributed by atoms with van der Waals surface area (Å²) >= 11 is 0. The second kappa shape index (κ2) is 6.34. The van der Waals surface area contributed by atoms with Crippen LogP contribution in [0.15, 0.2) is 28.8 Å². The molecule has 0 saturated carbocycles. The molecule has 1 aliphatic heterocycles. The van der Waals surface area contributed by atoms with Gasteiger partial charge in [-0.3, -0.25) is 14.5 Å². The van der Waals surface area contributed by atoms with E-state index < -0.39 is 23.9 Å². The molecule has 1 fully saturated rings. The van der Waals surface area contributed by atoms with Crippen LogP contribution in [0, 0.1) is 0 Å². The van der Waals surface area contributed by atoms with Crippen LogP contribution < -0.4 is 4.74 Å². The molecule has 130 valence electrons. The Morgan fingerprint density at radius 1 is 1.12 bits per heavy atom. The van der Waals surface area contributed by atoms with Crippen LogP contribution >= 0.6 is 0 Å². The molecule has 0 N–H and O–H groups in total. The third-order valence-electron chi connectivity index (χ3n) is 3.71. The number of amides is 4. The minimum atomic E-state index is -0.900. The van der Waals surface area contributed by atoms with E-state index in [-0.39, 0.29) is 12.4 Å².